The Hall–Kier alpha value is -1.81. The van der Waals surface area contributed by atoms with Gasteiger partial charge >= 0.3 is 0 Å². The van der Waals surface area contributed by atoms with Crippen molar-refractivity contribution >= 4 is 11.9 Å². The zero-order valence-corrected chi connectivity index (χ0v) is 9.75. The van der Waals surface area contributed by atoms with Gasteiger partial charge in [0.15, 0.2) is 0 Å². The lowest BCUT2D eigenvalue weighted by molar-refractivity contribution is 0.904. The van der Waals surface area contributed by atoms with Crippen LogP contribution in [-0.4, -0.2) is 6.21 Å². The summed E-state index contributed by atoms with van der Waals surface area (Å²) in [5.41, 5.74) is 6.39. The molecule has 16 heavy (non-hydrogen) atoms. The Bertz CT molecular complexity index is 513. The van der Waals surface area contributed by atoms with Crippen molar-refractivity contribution in [2.45, 2.75) is 26.7 Å². The van der Waals surface area contributed by atoms with Crippen molar-refractivity contribution in [2.75, 3.05) is 0 Å². The number of aryl methyl sites for hydroxylation is 1. The molecule has 0 saturated heterocycles. The van der Waals surface area contributed by atoms with Crippen LogP contribution in [0.25, 0.3) is 5.70 Å². The van der Waals surface area contributed by atoms with Crippen LogP contribution in [0.4, 0.5) is 0 Å². The minimum Gasteiger partial charge on any atom is -0.247 e. The van der Waals surface area contributed by atoms with Gasteiger partial charge in [-0.1, -0.05) is 24.1 Å². The molecular weight excluding hydrogens is 194 g/mol. The van der Waals surface area contributed by atoms with E-state index in [1.807, 2.05) is 0 Å². The van der Waals surface area contributed by atoms with Gasteiger partial charge in [0.1, 0.15) is 0 Å². The Balaban J connectivity index is 2.57. The Morgan fingerprint density at radius 3 is 2.88 bits per heavy atom. The number of hydrogen-bond acceptors (Lipinski definition) is 1. The molecule has 0 radical (unpaired) electrons. The van der Waals surface area contributed by atoms with Crippen molar-refractivity contribution in [1.29, 1.82) is 0 Å². The van der Waals surface area contributed by atoms with E-state index in [0.29, 0.717) is 0 Å². The van der Waals surface area contributed by atoms with Crippen LogP contribution in [0.2, 0.25) is 0 Å². The normalized spacial score (nSPS) is 15.1. The third-order valence-electron chi connectivity index (χ3n) is 3.09. The molecule has 2 rings (SSSR count). The van der Waals surface area contributed by atoms with Crippen LogP contribution in [0.3, 0.4) is 0 Å². The molecule has 0 fully saturated rings. The van der Waals surface area contributed by atoms with Crippen LogP contribution >= 0.6 is 0 Å². The summed E-state index contributed by atoms with van der Waals surface area (Å²) >= 11 is 0. The van der Waals surface area contributed by atoms with Gasteiger partial charge in [0.2, 0.25) is 0 Å². The average Bonchev–Trinajstić information content (AvgIpc) is 2.28. The molecule has 0 atom stereocenters. The van der Waals surface area contributed by atoms with Crippen LogP contribution in [0, 0.1) is 19.3 Å². The van der Waals surface area contributed by atoms with E-state index in [9.17, 15) is 0 Å². The molecule has 0 aromatic heterocycles. The first-order valence-corrected chi connectivity index (χ1v) is 5.51. The van der Waals surface area contributed by atoms with Gasteiger partial charge < -0.3 is 0 Å². The highest BCUT2D eigenvalue weighted by atomic mass is 14.7. The fourth-order valence-electron chi connectivity index (χ4n) is 2.20. The summed E-state index contributed by atoms with van der Waals surface area (Å²) in [6, 6.07) is 6.37. The second-order valence-electron chi connectivity index (χ2n) is 4.15. The molecule has 80 valence electrons. The maximum Gasteiger partial charge on any atom is 0.0771 e. The van der Waals surface area contributed by atoms with Crippen LogP contribution < -0.4 is 0 Å². The summed E-state index contributed by atoms with van der Waals surface area (Å²) < 4.78 is 0. The molecule has 0 heterocycles. The quantitative estimate of drug-likeness (QED) is 0.496. The molecule has 0 N–H and O–H groups in total. The van der Waals surface area contributed by atoms with E-state index in [1.165, 1.54) is 28.5 Å². The minimum absolute atomic E-state index is 1.06. The number of nitrogens with zero attached hydrogens (tertiary/aromatic N) is 1. The van der Waals surface area contributed by atoms with Crippen LogP contribution in [0.1, 0.15) is 30.0 Å². The predicted octanol–water partition coefficient (Wildman–Crippen LogP) is 3.38. The zero-order chi connectivity index (χ0) is 11.5. The highest BCUT2D eigenvalue weighted by Gasteiger charge is 2.16. The second kappa shape index (κ2) is 4.37. The number of rotatable bonds is 1. The molecule has 1 aromatic carbocycles. The SMILES string of the molecule is C#CC=NC1=C(C)CCc2c(C)cccc21. The molecule has 0 bridgehead atoms. The third kappa shape index (κ3) is 1.79. The molecule has 1 aliphatic rings. The average molecular weight is 209 g/mol. The van der Waals surface area contributed by atoms with Gasteiger partial charge in [0, 0.05) is 5.56 Å². The number of hydrogen-bond donors (Lipinski definition) is 0. The van der Waals surface area contributed by atoms with Gasteiger partial charge in [-0.15, -0.1) is 6.42 Å². The van der Waals surface area contributed by atoms with E-state index in [1.54, 1.807) is 0 Å². The molecule has 0 amide bonds. The molecule has 1 aromatic rings. The van der Waals surface area contributed by atoms with Crippen molar-refractivity contribution in [2.24, 2.45) is 4.99 Å². The molecular formula is C15H15N. The van der Waals surface area contributed by atoms with Gasteiger partial charge in [-0.2, -0.15) is 0 Å². The number of benzene rings is 1. The van der Waals surface area contributed by atoms with E-state index in [0.717, 1.165) is 18.5 Å². The monoisotopic (exact) mass is 209 g/mol. The summed E-state index contributed by atoms with van der Waals surface area (Å²) in [5.74, 6) is 2.46. The largest absolute Gasteiger partial charge is 0.247 e. The van der Waals surface area contributed by atoms with E-state index in [4.69, 9.17) is 6.42 Å². The lowest BCUT2D eigenvalue weighted by Gasteiger charge is -2.20. The maximum atomic E-state index is 5.22. The topological polar surface area (TPSA) is 12.4 Å². The number of aliphatic imine (C=N–C) groups is 1. The molecule has 0 saturated carbocycles. The summed E-state index contributed by atoms with van der Waals surface area (Å²) in [5, 5.41) is 0. The molecule has 0 spiro atoms. The summed E-state index contributed by atoms with van der Waals surface area (Å²) in [7, 11) is 0. The molecule has 1 aliphatic carbocycles. The lowest BCUT2D eigenvalue weighted by Crippen LogP contribution is -2.04. The van der Waals surface area contributed by atoms with Crippen LogP contribution in [-0.2, 0) is 6.42 Å². The second-order valence-corrected chi connectivity index (χ2v) is 4.15. The van der Waals surface area contributed by atoms with Crippen molar-refractivity contribution in [3.8, 4) is 12.3 Å². The van der Waals surface area contributed by atoms with E-state index in [-0.39, 0.29) is 0 Å². The fraction of sp³-hybridized carbons (Fsp3) is 0.267. The van der Waals surface area contributed by atoms with E-state index >= 15 is 0 Å². The highest BCUT2D eigenvalue weighted by Crippen LogP contribution is 2.33. The van der Waals surface area contributed by atoms with Gasteiger partial charge in [0.05, 0.1) is 11.9 Å². The molecule has 1 nitrogen and oxygen atoms in total. The Morgan fingerprint density at radius 2 is 2.12 bits per heavy atom. The number of fused-ring (bicyclic) bond motifs is 1. The third-order valence-corrected chi connectivity index (χ3v) is 3.09. The maximum absolute atomic E-state index is 5.22. The first kappa shape index (κ1) is 10.7. The van der Waals surface area contributed by atoms with Gasteiger partial charge in [-0.25, -0.2) is 4.99 Å². The van der Waals surface area contributed by atoms with Crippen LogP contribution in [0.5, 0.6) is 0 Å². The molecule has 0 unspecified atom stereocenters. The van der Waals surface area contributed by atoms with Crippen molar-refractivity contribution < 1.29 is 0 Å². The van der Waals surface area contributed by atoms with Crippen molar-refractivity contribution in [3.05, 3.63) is 40.5 Å². The number of terminal acetylenes is 1. The van der Waals surface area contributed by atoms with Crippen LogP contribution in [0.15, 0.2) is 28.8 Å². The van der Waals surface area contributed by atoms with Gasteiger partial charge in [-0.3, -0.25) is 0 Å². The standard InChI is InChI=1S/C15H15N/c1-4-10-16-15-12(3)8-9-13-11(2)6-5-7-14(13)15/h1,5-7,10H,8-9H2,2-3H3. The summed E-state index contributed by atoms with van der Waals surface area (Å²) in [4.78, 5) is 4.38. The van der Waals surface area contributed by atoms with Crippen molar-refractivity contribution in [1.82, 2.24) is 0 Å². The Kier molecular flexibility index (Phi) is 2.92. The summed E-state index contributed by atoms with van der Waals surface area (Å²) in [6.45, 7) is 4.29. The predicted molar refractivity (Wildman–Crippen MR) is 69.4 cm³/mol. The zero-order valence-electron chi connectivity index (χ0n) is 9.75. The Morgan fingerprint density at radius 1 is 1.31 bits per heavy atom. The minimum atomic E-state index is 1.06. The van der Waals surface area contributed by atoms with E-state index in [2.05, 4.69) is 43.0 Å². The van der Waals surface area contributed by atoms with Gasteiger partial charge in [-0.05, 0) is 43.4 Å². The fourth-order valence-corrected chi connectivity index (χ4v) is 2.20. The lowest BCUT2D eigenvalue weighted by atomic mass is 9.87. The van der Waals surface area contributed by atoms with Gasteiger partial charge in [0.25, 0.3) is 0 Å². The summed E-state index contributed by atoms with van der Waals surface area (Å²) in [6.07, 6.45) is 8.95. The molecule has 0 aliphatic heterocycles. The van der Waals surface area contributed by atoms with Crippen molar-refractivity contribution in [3.63, 3.8) is 0 Å². The Labute approximate surface area is 96.9 Å². The molecule has 1 heteroatoms. The first-order valence-electron chi connectivity index (χ1n) is 5.51. The highest BCUT2D eigenvalue weighted by molar-refractivity contribution is 5.85. The first-order chi connectivity index (χ1) is 7.74. The van der Waals surface area contributed by atoms with E-state index < -0.39 is 0 Å². The smallest absolute Gasteiger partial charge is 0.0771 e. The number of allylic oxidation sites excluding steroid dienone is 1.